The lowest BCUT2D eigenvalue weighted by molar-refractivity contribution is 0.287. The number of sulfonamides is 1. The maximum Gasteiger partial charge on any atom is 0.209 e. The summed E-state index contributed by atoms with van der Waals surface area (Å²) in [5.41, 5.74) is 4.00. The van der Waals surface area contributed by atoms with E-state index in [1.807, 2.05) is 24.3 Å². The second-order valence-corrected chi connectivity index (χ2v) is 10.5. The summed E-state index contributed by atoms with van der Waals surface area (Å²) in [6.07, 6.45) is 1.18. The van der Waals surface area contributed by atoms with Crippen molar-refractivity contribution < 1.29 is 13.2 Å². The SMILES string of the molecule is CCN(CC)CCn1nc2c3c(c(CNS(C)(=O)=O)ccc31)Sc1ccc(OC)cc1-2. The number of nitrogens with zero attached hydrogens (tertiary/aromatic N) is 3. The fourth-order valence-electron chi connectivity index (χ4n) is 3.90. The summed E-state index contributed by atoms with van der Waals surface area (Å²) in [6.45, 7) is 8.32. The van der Waals surface area contributed by atoms with Crippen LogP contribution in [0.5, 0.6) is 5.75 Å². The largest absolute Gasteiger partial charge is 0.497 e. The van der Waals surface area contributed by atoms with Crippen LogP contribution in [0.3, 0.4) is 0 Å². The minimum atomic E-state index is -3.28. The molecule has 0 unspecified atom stereocenters. The third-order valence-corrected chi connectivity index (χ3v) is 7.57. The third kappa shape index (κ3) is 4.45. The van der Waals surface area contributed by atoms with Gasteiger partial charge in [-0.25, -0.2) is 13.1 Å². The van der Waals surface area contributed by atoms with Gasteiger partial charge in [0, 0.05) is 33.8 Å². The molecule has 7 nitrogen and oxygen atoms in total. The van der Waals surface area contributed by atoms with E-state index in [-0.39, 0.29) is 6.54 Å². The summed E-state index contributed by atoms with van der Waals surface area (Å²) in [5.74, 6) is 0.795. The zero-order valence-electron chi connectivity index (χ0n) is 18.3. The summed E-state index contributed by atoms with van der Waals surface area (Å²) in [6, 6.07) is 10.1. The maximum absolute atomic E-state index is 11.7. The molecule has 0 aliphatic carbocycles. The van der Waals surface area contributed by atoms with Crippen LogP contribution in [0, 0.1) is 0 Å². The van der Waals surface area contributed by atoms with Crippen LogP contribution in [0.2, 0.25) is 0 Å². The molecule has 0 spiro atoms. The molecule has 0 bridgehead atoms. The molecule has 1 aliphatic rings. The highest BCUT2D eigenvalue weighted by Gasteiger charge is 2.26. The molecule has 2 aromatic carbocycles. The van der Waals surface area contributed by atoms with Crippen LogP contribution >= 0.6 is 11.8 Å². The molecular formula is C22H28N4O3S2. The molecule has 4 rings (SSSR count). The molecule has 0 fully saturated rings. The van der Waals surface area contributed by atoms with E-state index in [0.717, 1.165) is 69.4 Å². The van der Waals surface area contributed by atoms with Crippen LogP contribution < -0.4 is 9.46 Å². The van der Waals surface area contributed by atoms with Crippen molar-refractivity contribution in [2.75, 3.05) is 33.0 Å². The van der Waals surface area contributed by atoms with Crippen molar-refractivity contribution >= 4 is 32.7 Å². The molecule has 9 heteroatoms. The van der Waals surface area contributed by atoms with Crippen LogP contribution in [-0.4, -0.2) is 56.1 Å². The number of benzene rings is 2. The fraction of sp³-hybridized carbons (Fsp3) is 0.409. The average Bonchev–Trinajstić information content (AvgIpc) is 3.13. The van der Waals surface area contributed by atoms with Gasteiger partial charge in [-0.15, -0.1) is 0 Å². The van der Waals surface area contributed by atoms with E-state index in [9.17, 15) is 8.42 Å². The van der Waals surface area contributed by atoms with Crippen LogP contribution in [0.15, 0.2) is 40.1 Å². The fourth-order valence-corrected chi connectivity index (χ4v) is 5.52. The molecule has 0 atom stereocenters. The van der Waals surface area contributed by atoms with Crippen molar-refractivity contribution in [3.8, 4) is 17.0 Å². The van der Waals surface area contributed by atoms with Crippen molar-refractivity contribution in [1.29, 1.82) is 0 Å². The third-order valence-electron chi connectivity index (χ3n) is 5.65. The zero-order chi connectivity index (χ0) is 22.2. The molecule has 3 aromatic rings. The monoisotopic (exact) mass is 460 g/mol. The molecule has 0 saturated carbocycles. The van der Waals surface area contributed by atoms with Gasteiger partial charge in [0.25, 0.3) is 0 Å². The van der Waals surface area contributed by atoms with Gasteiger partial charge in [0.15, 0.2) is 0 Å². The smallest absolute Gasteiger partial charge is 0.209 e. The molecule has 1 aromatic heterocycles. The highest BCUT2D eigenvalue weighted by atomic mass is 32.2. The van der Waals surface area contributed by atoms with E-state index in [0.29, 0.717) is 0 Å². The van der Waals surface area contributed by atoms with Crippen molar-refractivity contribution in [2.24, 2.45) is 0 Å². The molecule has 1 N–H and O–H groups in total. The Labute approximate surface area is 187 Å². The summed E-state index contributed by atoms with van der Waals surface area (Å²) < 4.78 is 33.5. The first-order valence-electron chi connectivity index (χ1n) is 10.4. The van der Waals surface area contributed by atoms with E-state index in [4.69, 9.17) is 9.84 Å². The Bertz CT molecular complexity index is 1220. The normalized spacial score (nSPS) is 13.1. The lowest BCUT2D eigenvalue weighted by atomic mass is 10.0. The van der Waals surface area contributed by atoms with E-state index in [1.165, 1.54) is 6.26 Å². The lowest BCUT2D eigenvalue weighted by Crippen LogP contribution is -2.27. The molecule has 166 valence electrons. The van der Waals surface area contributed by atoms with Crippen molar-refractivity contribution in [1.82, 2.24) is 19.4 Å². The van der Waals surface area contributed by atoms with E-state index < -0.39 is 10.0 Å². The van der Waals surface area contributed by atoms with E-state index in [2.05, 4.69) is 34.2 Å². The van der Waals surface area contributed by atoms with Crippen LogP contribution in [-0.2, 0) is 23.1 Å². The van der Waals surface area contributed by atoms with Gasteiger partial charge < -0.3 is 9.64 Å². The highest BCUT2D eigenvalue weighted by Crippen LogP contribution is 2.49. The Balaban J connectivity index is 1.84. The first kappa shape index (κ1) is 22.1. The minimum Gasteiger partial charge on any atom is -0.497 e. The van der Waals surface area contributed by atoms with E-state index in [1.54, 1.807) is 18.9 Å². The predicted octanol–water partition coefficient (Wildman–Crippen LogP) is 3.57. The van der Waals surface area contributed by atoms with Gasteiger partial charge in [-0.3, -0.25) is 4.68 Å². The van der Waals surface area contributed by atoms with Crippen LogP contribution in [0.25, 0.3) is 22.2 Å². The Morgan fingerprint density at radius 3 is 2.65 bits per heavy atom. The van der Waals surface area contributed by atoms with Gasteiger partial charge in [0.1, 0.15) is 11.4 Å². The van der Waals surface area contributed by atoms with E-state index >= 15 is 0 Å². The number of likely N-dealkylation sites (N-methyl/N-ethyl adjacent to an activating group) is 1. The predicted molar refractivity (Wildman–Crippen MR) is 125 cm³/mol. The van der Waals surface area contributed by atoms with Crippen LogP contribution in [0.1, 0.15) is 19.4 Å². The van der Waals surface area contributed by atoms with Gasteiger partial charge >= 0.3 is 0 Å². The number of methoxy groups -OCH3 is 1. The highest BCUT2D eigenvalue weighted by molar-refractivity contribution is 7.99. The molecule has 0 saturated heterocycles. The first-order valence-corrected chi connectivity index (χ1v) is 13.1. The number of ether oxygens (including phenoxy) is 1. The van der Waals surface area contributed by atoms with Crippen LogP contribution in [0.4, 0.5) is 0 Å². The van der Waals surface area contributed by atoms with Crippen molar-refractivity contribution in [3.63, 3.8) is 0 Å². The summed E-state index contributed by atoms with van der Waals surface area (Å²) >= 11 is 1.66. The second kappa shape index (κ2) is 8.82. The quantitative estimate of drug-likeness (QED) is 0.412. The summed E-state index contributed by atoms with van der Waals surface area (Å²) in [4.78, 5) is 4.54. The lowest BCUT2D eigenvalue weighted by Gasteiger charge is -2.19. The summed E-state index contributed by atoms with van der Waals surface area (Å²) in [5, 5.41) is 6.09. The van der Waals surface area contributed by atoms with Gasteiger partial charge in [-0.05, 0) is 42.9 Å². The van der Waals surface area contributed by atoms with Gasteiger partial charge in [0.2, 0.25) is 10.0 Å². The summed E-state index contributed by atoms with van der Waals surface area (Å²) in [7, 11) is -1.62. The van der Waals surface area contributed by atoms with Crippen molar-refractivity contribution in [2.45, 2.75) is 36.7 Å². The minimum absolute atomic E-state index is 0.257. The Hall–Kier alpha value is -2.07. The Morgan fingerprint density at radius 2 is 1.97 bits per heavy atom. The molecule has 2 heterocycles. The molecular weight excluding hydrogens is 432 g/mol. The standard InChI is InChI=1S/C22H28N4O3S2/c1-5-25(6-2)11-12-26-18-9-7-15(14-23-31(4,27)28)22-20(18)21(24-26)17-13-16(29-3)8-10-19(17)30-22/h7-10,13,23H,5-6,11-12,14H2,1-4H3. The topological polar surface area (TPSA) is 76.5 Å². The van der Waals surface area contributed by atoms with Gasteiger partial charge in [0.05, 0.1) is 25.4 Å². The number of fused-ring (bicyclic) bond motifs is 2. The average molecular weight is 461 g/mol. The molecule has 31 heavy (non-hydrogen) atoms. The number of rotatable bonds is 9. The number of nitrogens with one attached hydrogen (secondary N) is 1. The zero-order valence-corrected chi connectivity index (χ0v) is 19.9. The molecule has 0 amide bonds. The number of aromatic nitrogens is 2. The van der Waals surface area contributed by atoms with Crippen molar-refractivity contribution in [3.05, 3.63) is 35.9 Å². The molecule has 1 aliphatic heterocycles. The van der Waals surface area contributed by atoms with Gasteiger partial charge in [-0.2, -0.15) is 5.10 Å². The Morgan fingerprint density at radius 1 is 1.19 bits per heavy atom. The Kier molecular flexibility index (Phi) is 6.30. The first-order chi connectivity index (χ1) is 14.8. The maximum atomic E-state index is 11.7. The number of hydrogen-bond donors (Lipinski definition) is 1. The molecule has 0 radical (unpaired) electrons. The number of hydrogen-bond acceptors (Lipinski definition) is 6. The van der Waals surface area contributed by atoms with Gasteiger partial charge in [-0.1, -0.05) is 31.7 Å². The second-order valence-electron chi connectivity index (χ2n) is 7.60.